The molecule has 172 valence electrons. The third-order valence-electron chi connectivity index (χ3n) is 4.93. The Kier molecular flexibility index (Phi) is 5.58. The summed E-state index contributed by atoms with van der Waals surface area (Å²) in [5, 5.41) is 25.9. The molecule has 0 bridgehead atoms. The fourth-order valence-electron chi connectivity index (χ4n) is 3.20. The van der Waals surface area contributed by atoms with Crippen molar-refractivity contribution in [3.8, 4) is 28.6 Å². The van der Waals surface area contributed by atoms with E-state index >= 15 is 0 Å². The third-order valence-corrected chi connectivity index (χ3v) is 5.23. The van der Waals surface area contributed by atoms with Crippen molar-refractivity contribution >= 4 is 29.1 Å². The molecule has 1 fully saturated rings. The first kappa shape index (κ1) is 22.3. The minimum atomic E-state index is -3.02. The van der Waals surface area contributed by atoms with Crippen LogP contribution in [0.1, 0.15) is 20.8 Å². The molecule has 0 radical (unpaired) electrons. The first-order valence-electron chi connectivity index (χ1n) is 9.43. The van der Waals surface area contributed by atoms with Gasteiger partial charge in [-0.05, 0) is 30.3 Å². The lowest BCUT2D eigenvalue weighted by atomic mass is 10.1. The van der Waals surface area contributed by atoms with E-state index in [4.69, 9.17) is 20.9 Å². The Morgan fingerprint density at radius 1 is 1.18 bits per heavy atom. The van der Waals surface area contributed by atoms with E-state index in [9.17, 15) is 28.6 Å². The molecule has 0 unspecified atom stereocenters. The number of nitrogens with one attached hydrogen (secondary N) is 1. The lowest BCUT2D eigenvalue weighted by Crippen LogP contribution is -2.58. The number of amides is 2. The Morgan fingerprint density at radius 3 is 2.45 bits per heavy atom. The number of hydrogen-bond acceptors (Lipinski definition) is 7. The summed E-state index contributed by atoms with van der Waals surface area (Å²) in [7, 11) is 1.46. The van der Waals surface area contributed by atoms with Crippen molar-refractivity contribution in [3.63, 3.8) is 0 Å². The van der Waals surface area contributed by atoms with Crippen LogP contribution in [0.15, 0.2) is 40.9 Å². The van der Waals surface area contributed by atoms with Crippen LogP contribution in [0.2, 0.25) is 5.02 Å². The minimum Gasteiger partial charge on any atom is -0.507 e. The maximum Gasteiger partial charge on any atom is 0.282 e. The molecule has 3 N–H and O–H groups in total. The van der Waals surface area contributed by atoms with Gasteiger partial charge in [-0.1, -0.05) is 16.8 Å². The van der Waals surface area contributed by atoms with E-state index < -0.39 is 48.0 Å². The quantitative estimate of drug-likeness (QED) is 0.508. The van der Waals surface area contributed by atoms with E-state index in [0.717, 1.165) is 17.0 Å². The van der Waals surface area contributed by atoms with Gasteiger partial charge in [-0.25, -0.2) is 8.78 Å². The Bertz CT molecular complexity index is 1240. The Morgan fingerprint density at radius 2 is 1.85 bits per heavy atom. The van der Waals surface area contributed by atoms with Crippen LogP contribution >= 0.6 is 11.6 Å². The molecule has 9 nitrogen and oxygen atoms in total. The van der Waals surface area contributed by atoms with Crippen LogP contribution in [-0.4, -0.2) is 58.2 Å². The summed E-state index contributed by atoms with van der Waals surface area (Å²) in [5.41, 5.74) is -0.604. The average Bonchev–Trinajstić information content (AvgIpc) is 3.17. The molecule has 0 aliphatic carbocycles. The molecule has 1 aliphatic rings. The highest BCUT2D eigenvalue weighted by atomic mass is 35.5. The van der Waals surface area contributed by atoms with Crippen molar-refractivity contribution in [2.45, 2.75) is 5.92 Å². The Hall–Kier alpha value is -3.86. The molecule has 1 saturated heterocycles. The number of nitrogens with zero attached hydrogens (tertiary/aromatic N) is 2. The van der Waals surface area contributed by atoms with Gasteiger partial charge in [0.15, 0.2) is 11.5 Å². The number of benzene rings is 2. The molecule has 2 heterocycles. The highest BCUT2D eigenvalue weighted by Crippen LogP contribution is 2.42. The predicted octanol–water partition coefficient (Wildman–Crippen LogP) is 3.76. The number of halogens is 3. The molecular weight excluding hydrogens is 464 g/mol. The van der Waals surface area contributed by atoms with E-state index in [2.05, 4.69) is 10.5 Å². The Balaban J connectivity index is 1.74. The van der Waals surface area contributed by atoms with Gasteiger partial charge in [0.1, 0.15) is 22.9 Å². The number of aromatic hydroxyl groups is 2. The molecule has 3 aromatic rings. The van der Waals surface area contributed by atoms with Crippen molar-refractivity contribution in [2.75, 3.05) is 25.5 Å². The van der Waals surface area contributed by atoms with Crippen molar-refractivity contribution in [2.24, 2.45) is 0 Å². The standard InChI is InChI=1S/C21H16ClF2N3O6/c1-32-11-4-2-10(3-5-11)19(30)25-16-17(20(31)27-8-21(23,24)9-27)26-33-18(16)12-6-13(22)15(29)7-14(12)28/h2-7,28-29H,8-9H2,1H3,(H,25,30). The maximum absolute atomic E-state index is 13.3. The summed E-state index contributed by atoms with van der Waals surface area (Å²) in [6.07, 6.45) is 0. The second kappa shape index (κ2) is 8.24. The predicted molar refractivity (Wildman–Crippen MR) is 112 cm³/mol. The van der Waals surface area contributed by atoms with Crippen LogP contribution in [-0.2, 0) is 0 Å². The summed E-state index contributed by atoms with van der Waals surface area (Å²) in [6.45, 7) is -1.62. The van der Waals surface area contributed by atoms with E-state index in [1.165, 1.54) is 19.2 Å². The molecule has 2 amide bonds. The van der Waals surface area contributed by atoms with Gasteiger partial charge in [0, 0.05) is 11.6 Å². The number of alkyl halides is 2. The number of rotatable bonds is 5. The monoisotopic (exact) mass is 479 g/mol. The fourth-order valence-corrected chi connectivity index (χ4v) is 3.37. The maximum atomic E-state index is 13.3. The topological polar surface area (TPSA) is 125 Å². The van der Waals surface area contributed by atoms with Gasteiger partial charge in [0.2, 0.25) is 0 Å². The molecule has 0 spiro atoms. The van der Waals surface area contributed by atoms with Crippen LogP contribution in [0.4, 0.5) is 14.5 Å². The molecule has 12 heteroatoms. The zero-order valence-corrected chi connectivity index (χ0v) is 17.7. The zero-order chi connectivity index (χ0) is 23.9. The molecule has 1 aromatic heterocycles. The summed E-state index contributed by atoms with van der Waals surface area (Å²) >= 11 is 5.92. The second-order valence-electron chi connectivity index (χ2n) is 7.26. The number of hydrogen-bond donors (Lipinski definition) is 3. The molecule has 4 rings (SSSR count). The van der Waals surface area contributed by atoms with Crippen molar-refractivity contribution in [1.29, 1.82) is 0 Å². The van der Waals surface area contributed by atoms with Gasteiger partial charge in [-0.2, -0.15) is 0 Å². The first-order valence-corrected chi connectivity index (χ1v) is 9.81. The van der Waals surface area contributed by atoms with Gasteiger partial charge in [0.05, 0.1) is 30.8 Å². The number of methoxy groups -OCH3 is 1. The molecular formula is C21H16ClF2N3O6. The number of carbonyl (C=O) groups excluding carboxylic acids is 2. The second-order valence-corrected chi connectivity index (χ2v) is 7.66. The van der Waals surface area contributed by atoms with Gasteiger partial charge < -0.3 is 29.7 Å². The average molecular weight is 480 g/mol. The molecule has 0 saturated carbocycles. The number of carbonyl (C=O) groups is 2. The van der Waals surface area contributed by atoms with Gasteiger partial charge >= 0.3 is 0 Å². The van der Waals surface area contributed by atoms with Crippen molar-refractivity contribution in [3.05, 3.63) is 52.7 Å². The van der Waals surface area contributed by atoms with E-state index in [1.54, 1.807) is 12.1 Å². The minimum absolute atomic E-state index is 0.0941. The normalized spacial score (nSPS) is 14.5. The summed E-state index contributed by atoms with van der Waals surface area (Å²) in [6, 6.07) is 8.10. The third kappa shape index (κ3) is 4.27. The van der Waals surface area contributed by atoms with Crippen molar-refractivity contribution in [1.82, 2.24) is 10.1 Å². The van der Waals surface area contributed by atoms with E-state index in [1.807, 2.05) is 0 Å². The molecule has 2 aromatic carbocycles. The Labute approximate surface area is 190 Å². The smallest absolute Gasteiger partial charge is 0.282 e. The highest BCUT2D eigenvalue weighted by Gasteiger charge is 2.47. The van der Waals surface area contributed by atoms with Crippen LogP contribution < -0.4 is 10.1 Å². The van der Waals surface area contributed by atoms with Crippen LogP contribution in [0, 0.1) is 0 Å². The summed E-state index contributed by atoms with van der Waals surface area (Å²) < 4.78 is 36.8. The van der Waals surface area contributed by atoms with Gasteiger partial charge in [0.25, 0.3) is 17.7 Å². The van der Waals surface area contributed by atoms with Gasteiger partial charge in [-0.15, -0.1) is 0 Å². The first-order chi connectivity index (χ1) is 15.6. The van der Waals surface area contributed by atoms with Crippen molar-refractivity contribution < 1.29 is 37.8 Å². The number of phenolic OH excluding ortho intramolecular Hbond substituents is 2. The lowest BCUT2D eigenvalue weighted by molar-refractivity contribution is -0.113. The zero-order valence-electron chi connectivity index (χ0n) is 16.9. The number of likely N-dealkylation sites (tertiary alicyclic amines) is 1. The lowest BCUT2D eigenvalue weighted by Gasteiger charge is -2.38. The van der Waals surface area contributed by atoms with Crippen LogP contribution in [0.25, 0.3) is 11.3 Å². The molecule has 0 atom stereocenters. The largest absolute Gasteiger partial charge is 0.507 e. The van der Waals surface area contributed by atoms with E-state index in [-0.39, 0.29) is 27.6 Å². The molecule has 1 aliphatic heterocycles. The SMILES string of the molecule is COc1ccc(C(=O)Nc2c(C(=O)N3CC(F)(F)C3)noc2-c2cc(Cl)c(O)cc2O)cc1. The van der Waals surface area contributed by atoms with Gasteiger partial charge in [-0.3, -0.25) is 9.59 Å². The number of anilines is 1. The van der Waals surface area contributed by atoms with E-state index in [0.29, 0.717) is 5.75 Å². The molecule has 33 heavy (non-hydrogen) atoms. The van der Waals surface area contributed by atoms with Crippen LogP contribution in [0.5, 0.6) is 17.2 Å². The summed E-state index contributed by atoms with van der Waals surface area (Å²) in [4.78, 5) is 26.4. The number of ether oxygens (including phenoxy) is 1. The highest BCUT2D eigenvalue weighted by molar-refractivity contribution is 6.32. The number of phenols is 2. The number of aromatic nitrogens is 1. The fraction of sp³-hybridized carbons (Fsp3) is 0.190. The van der Waals surface area contributed by atoms with Crippen LogP contribution in [0.3, 0.4) is 0 Å². The summed E-state index contributed by atoms with van der Waals surface area (Å²) in [5.74, 6) is -5.23.